The number of carboxylic acid groups (broad SMARTS) is 1. The van der Waals surface area contributed by atoms with Crippen LogP contribution in [-0.4, -0.2) is 26.8 Å². The second-order valence-corrected chi connectivity index (χ2v) is 3.70. The number of hydrogen-bond acceptors (Lipinski definition) is 3. The second-order valence-electron chi connectivity index (χ2n) is 2.62. The van der Waals surface area contributed by atoms with Gasteiger partial charge < -0.3 is 10.4 Å². The average molecular weight is 309 g/mol. The highest BCUT2D eigenvalue weighted by Crippen LogP contribution is 2.20. The van der Waals surface area contributed by atoms with Crippen molar-refractivity contribution in [2.45, 2.75) is 6.92 Å². The van der Waals surface area contributed by atoms with Crippen molar-refractivity contribution in [1.82, 2.24) is 9.78 Å². The number of amides is 1. The fourth-order valence-electron chi connectivity index (χ4n) is 0.977. The Balaban J connectivity index is 3.16. The molecule has 0 bridgehead atoms. The van der Waals surface area contributed by atoms with Gasteiger partial charge in [0.25, 0.3) is 0 Å². The molecule has 0 aliphatic heterocycles. The van der Waals surface area contributed by atoms with Crippen LogP contribution < -0.4 is 5.32 Å². The molecule has 1 aromatic heterocycles. The number of carbonyl (C=O) groups is 2. The molecule has 1 aromatic rings. The van der Waals surface area contributed by atoms with E-state index in [4.69, 9.17) is 5.11 Å². The first-order valence-electron chi connectivity index (χ1n) is 3.67. The van der Waals surface area contributed by atoms with Crippen molar-refractivity contribution in [2.75, 3.05) is 5.32 Å². The maximum absolute atomic E-state index is 10.8. The van der Waals surface area contributed by atoms with Crippen molar-refractivity contribution < 1.29 is 14.7 Å². The van der Waals surface area contributed by atoms with Crippen LogP contribution in [0.5, 0.6) is 0 Å². The molecule has 1 amide bonds. The Hall–Kier alpha value is -1.12. The van der Waals surface area contributed by atoms with Crippen LogP contribution in [0.15, 0.2) is 0 Å². The van der Waals surface area contributed by atoms with Gasteiger partial charge in [-0.3, -0.25) is 9.48 Å². The normalized spacial score (nSPS) is 9.93. The van der Waals surface area contributed by atoms with Crippen molar-refractivity contribution in [3.63, 3.8) is 0 Å². The van der Waals surface area contributed by atoms with Gasteiger partial charge in [-0.2, -0.15) is 5.10 Å². The monoisotopic (exact) mass is 309 g/mol. The third-order valence-electron chi connectivity index (χ3n) is 1.49. The molecular formula is C7H8IN3O3. The minimum absolute atomic E-state index is 0.0642. The number of hydrogen-bond donors (Lipinski definition) is 2. The predicted molar refractivity (Wildman–Crippen MR) is 57.2 cm³/mol. The van der Waals surface area contributed by atoms with Gasteiger partial charge >= 0.3 is 5.97 Å². The summed E-state index contributed by atoms with van der Waals surface area (Å²) in [6.45, 7) is 1.34. The van der Waals surface area contributed by atoms with Gasteiger partial charge in [-0.05, 0) is 22.6 Å². The number of carboxylic acids is 1. The minimum atomic E-state index is -1.07. The zero-order valence-electron chi connectivity index (χ0n) is 7.54. The number of aryl methyl sites for hydroxylation is 1. The van der Waals surface area contributed by atoms with Crippen molar-refractivity contribution in [2.24, 2.45) is 7.05 Å². The molecule has 0 saturated carbocycles. The van der Waals surface area contributed by atoms with E-state index in [0.717, 1.165) is 0 Å². The largest absolute Gasteiger partial charge is 0.476 e. The molecular weight excluding hydrogens is 301 g/mol. The Labute approximate surface area is 93.4 Å². The van der Waals surface area contributed by atoms with Gasteiger partial charge in [-0.1, -0.05) is 0 Å². The van der Waals surface area contributed by atoms with E-state index >= 15 is 0 Å². The van der Waals surface area contributed by atoms with Crippen LogP contribution in [0.4, 0.5) is 5.82 Å². The molecule has 7 heteroatoms. The third kappa shape index (κ3) is 2.03. The second kappa shape index (κ2) is 3.95. The zero-order chi connectivity index (χ0) is 10.9. The van der Waals surface area contributed by atoms with E-state index in [1.165, 1.54) is 18.7 Å². The highest BCUT2D eigenvalue weighted by molar-refractivity contribution is 14.1. The van der Waals surface area contributed by atoms with Gasteiger partial charge in [0.2, 0.25) is 5.91 Å². The number of carbonyl (C=O) groups excluding carboxylic acids is 1. The van der Waals surface area contributed by atoms with E-state index in [1.54, 1.807) is 0 Å². The molecule has 0 spiro atoms. The van der Waals surface area contributed by atoms with Crippen LogP contribution in [0.25, 0.3) is 0 Å². The zero-order valence-corrected chi connectivity index (χ0v) is 9.69. The fourth-order valence-corrected chi connectivity index (χ4v) is 1.80. The van der Waals surface area contributed by atoms with Crippen molar-refractivity contribution in [3.8, 4) is 0 Å². The van der Waals surface area contributed by atoms with Crippen LogP contribution in [0.2, 0.25) is 0 Å². The Morgan fingerprint density at radius 2 is 2.14 bits per heavy atom. The molecule has 0 unspecified atom stereocenters. The number of nitrogens with one attached hydrogen (secondary N) is 1. The molecule has 0 aliphatic rings. The Kier molecular flexibility index (Phi) is 3.09. The summed E-state index contributed by atoms with van der Waals surface area (Å²) in [5.74, 6) is -1.07. The Morgan fingerprint density at radius 1 is 1.57 bits per heavy atom. The maximum atomic E-state index is 10.8. The van der Waals surface area contributed by atoms with E-state index in [2.05, 4.69) is 10.4 Å². The average Bonchev–Trinajstić information content (AvgIpc) is 2.25. The van der Waals surface area contributed by atoms with Crippen LogP contribution in [0.1, 0.15) is 17.4 Å². The van der Waals surface area contributed by atoms with Crippen LogP contribution in [0, 0.1) is 3.57 Å². The predicted octanol–water partition coefficient (Wildman–Crippen LogP) is 0.681. The lowest BCUT2D eigenvalue weighted by atomic mass is 10.4. The van der Waals surface area contributed by atoms with Gasteiger partial charge in [-0.15, -0.1) is 0 Å². The maximum Gasteiger partial charge on any atom is 0.355 e. The summed E-state index contributed by atoms with van der Waals surface area (Å²) in [6.07, 6.45) is 0. The quantitative estimate of drug-likeness (QED) is 0.787. The molecule has 1 rings (SSSR count). The first-order valence-corrected chi connectivity index (χ1v) is 4.74. The molecule has 0 aromatic carbocycles. The summed E-state index contributed by atoms with van der Waals surface area (Å²) in [4.78, 5) is 21.5. The summed E-state index contributed by atoms with van der Waals surface area (Å²) in [6, 6.07) is 0. The lowest BCUT2D eigenvalue weighted by Crippen LogP contribution is -2.07. The SMILES string of the molecule is CC(=O)Nc1nn(C)c(C(=O)O)c1I. The molecule has 2 N–H and O–H groups in total. The molecule has 0 aliphatic carbocycles. The van der Waals surface area contributed by atoms with Crippen molar-refractivity contribution >= 4 is 40.3 Å². The van der Waals surface area contributed by atoms with E-state index in [0.29, 0.717) is 3.57 Å². The fraction of sp³-hybridized carbons (Fsp3) is 0.286. The van der Waals surface area contributed by atoms with Gasteiger partial charge in [0.05, 0.1) is 3.57 Å². The van der Waals surface area contributed by atoms with E-state index < -0.39 is 5.97 Å². The summed E-state index contributed by atoms with van der Waals surface area (Å²) in [5, 5.41) is 15.1. The smallest absolute Gasteiger partial charge is 0.355 e. The highest BCUT2D eigenvalue weighted by Gasteiger charge is 2.19. The first kappa shape index (κ1) is 11.0. The van der Waals surface area contributed by atoms with Crippen molar-refractivity contribution in [1.29, 1.82) is 0 Å². The van der Waals surface area contributed by atoms with Gasteiger partial charge in [0.15, 0.2) is 11.5 Å². The molecule has 0 fully saturated rings. The number of halogens is 1. The van der Waals surface area contributed by atoms with E-state index in [1.807, 2.05) is 22.6 Å². The minimum Gasteiger partial charge on any atom is -0.476 e. The molecule has 6 nitrogen and oxygen atoms in total. The third-order valence-corrected chi connectivity index (χ3v) is 2.51. The van der Waals surface area contributed by atoms with E-state index in [9.17, 15) is 9.59 Å². The summed E-state index contributed by atoms with van der Waals surface area (Å²) >= 11 is 1.83. The topological polar surface area (TPSA) is 84.2 Å². The van der Waals surface area contributed by atoms with Crippen LogP contribution in [-0.2, 0) is 11.8 Å². The molecule has 1 heterocycles. The standard InChI is InChI=1S/C7H8IN3O3/c1-3(12)9-6-4(8)5(7(13)14)11(2)10-6/h1-2H3,(H,13,14)(H,9,10,12). The van der Waals surface area contributed by atoms with E-state index in [-0.39, 0.29) is 17.4 Å². The van der Waals surface area contributed by atoms with Crippen LogP contribution in [0.3, 0.4) is 0 Å². The molecule has 0 saturated heterocycles. The molecule has 14 heavy (non-hydrogen) atoms. The van der Waals surface area contributed by atoms with Gasteiger partial charge in [-0.25, -0.2) is 4.79 Å². The summed E-state index contributed by atoms with van der Waals surface area (Å²) in [5.41, 5.74) is 0.0642. The lowest BCUT2D eigenvalue weighted by molar-refractivity contribution is -0.114. The summed E-state index contributed by atoms with van der Waals surface area (Å²) < 4.78 is 1.64. The highest BCUT2D eigenvalue weighted by atomic mass is 127. The Morgan fingerprint density at radius 3 is 2.50 bits per heavy atom. The molecule has 0 radical (unpaired) electrons. The van der Waals surface area contributed by atoms with Crippen LogP contribution >= 0.6 is 22.6 Å². The molecule has 0 atom stereocenters. The first-order chi connectivity index (χ1) is 6.43. The number of aromatic nitrogens is 2. The number of aromatic carboxylic acids is 1. The molecule has 76 valence electrons. The van der Waals surface area contributed by atoms with Gasteiger partial charge in [0, 0.05) is 14.0 Å². The van der Waals surface area contributed by atoms with Gasteiger partial charge in [0.1, 0.15) is 0 Å². The number of rotatable bonds is 2. The summed E-state index contributed by atoms with van der Waals surface area (Å²) in [7, 11) is 1.51. The van der Waals surface area contributed by atoms with Crippen molar-refractivity contribution in [3.05, 3.63) is 9.26 Å². The number of anilines is 1. The number of nitrogens with zero attached hydrogens (tertiary/aromatic N) is 2. The Bertz CT molecular complexity index is 399. The lowest BCUT2D eigenvalue weighted by Gasteiger charge is -1.95.